The molecule has 1 aliphatic rings. The monoisotopic (exact) mass is 328 g/mol. The van der Waals surface area contributed by atoms with Gasteiger partial charge in [0.05, 0.1) is 0 Å². The maximum absolute atomic E-state index is 12.5. The van der Waals surface area contributed by atoms with Gasteiger partial charge in [-0.1, -0.05) is 6.07 Å². The molecule has 1 fully saturated rings. The van der Waals surface area contributed by atoms with E-state index in [0.29, 0.717) is 17.4 Å². The van der Waals surface area contributed by atoms with Crippen LogP contribution in [0.5, 0.6) is 0 Å². The summed E-state index contributed by atoms with van der Waals surface area (Å²) < 4.78 is 1.64. The second-order valence-corrected chi connectivity index (χ2v) is 6.34. The van der Waals surface area contributed by atoms with Gasteiger partial charge in [0.2, 0.25) is 5.95 Å². The maximum Gasteiger partial charge on any atom is 0.258 e. The largest absolute Gasteiger partial charge is 0.378 e. The van der Waals surface area contributed by atoms with Crippen LogP contribution in [0.15, 0.2) is 24.3 Å². The minimum atomic E-state index is -0.175. The van der Waals surface area contributed by atoms with Crippen LogP contribution >= 0.6 is 0 Å². The first kappa shape index (κ1) is 16.4. The maximum atomic E-state index is 12.5. The van der Waals surface area contributed by atoms with Gasteiger partial charge in [0.25, 0.3) is 5.91 Å². The van der Waals surface area contributed by atoms with Crippen molar-refractivity contribution in [1.29, 1.82) is 0 Å². The van der Waals surface area contributed by atoms with Gasteiger partial charge < -0.3 is 10.2 Å². The van der Waals surface area contributed by atoms with E-state index < -0.39 is 0 Å². The quantitative estimate of drug-likeness (QED) is 0.892. The third kappa shape index (κ3) is 3.56. The van der Waals surface area contributed by atoms with Crippen LogP contribution in [0.1, 0.15) is 34.9 Å². The summed E-state index contributed by atoms with van der Waals surface area (Å²) in [7, 11) is 5.71. The van der Waals surface area contributed by atoms with Crippen LogP contribution in [0, 0.1) is 0 Å². The summed E-state index contributed by atoms with van der Waals surface area (Å²) in [6.45, 7) is 1.98. The SMILES string of the molecule is CN(C)c1cccc(C(=O)Nc2nc(C3CCNCC3)nn2C)c1. The van der Waals surface area contributed by atoms with E-state index in [1.165, 1.54) is 0 Å². The summed E-state index contributed by atoms with van der Waals surface area (Å²) in [5.74, 6) is 1.49. The molecule has 2 N–H and O–H groups in total. The molecule has 1 amide bonds. The molecule has 1 aromatic carbocycles. The zero-order chi connectivity index (χ0) is 17.1. The molecule has 1 saturated heterocycles. The van der Waals surface area contributed by atoms with Gasteiger partial charge >= 0.3 is 0 Å². The Morgan fingerprint density at radius 2 is 2.08 bits per heavy atom. The number of aromatic nitrogens is 3. The Morgan fingerprint density at radius 1 is 1.33 bits per heavy atom. The number of anilines is 2. The normalized spacial score (nSPS) is 15.3. The fourth-order valence-corrected chi connectivity index (χ4v) is 2.87. The van der Waals surface area contributed by atoms with E-state index in [4.69, 9.17) is 0 Å². The molecule has 0 bridgehead atoms. The lowest BCUT2D eigenvalue weighted by Gasteiger charge is -2.19. The first-order valence-electron chi connectivity index (χ1n) is 8.25. The van der Waals surface area contributed by atoms with E-state index in [1.54, 1.807) is 10.7 Å². The van der Waals surface area contributed by atoms with Crippen LogP contribution in [0.3, 0.4) is 0 Å². The van der Waals surface area contributed by atoms with Gasteiger partial charge in [0.15, 0.2) is 5.82 Å². The Labute approximate surface area is 142 Å². The summed E-state index contributed by atoms with van der Waals surface area (Å²) in [5, 5.41) is 10.7. The molecule has 2 heterocycles. The van der Waals surface area contributed by atoms with Crippen molar-refractivity contribution in [3.63, 3.8) is 0 Å². The number of nitrogens with one attached hydrogen (secondary N) is 2. The molecule has 0 aliphatic carbocycles. The molecule has 0 saturated carbocycles. The Morgan fingerprint density at radius 3 is 2.79 bits per heavy atom. The average molecular weight is 328 g/mol. The molecule has 128 valence electrons. The molecule has 7 nitrogen and oxygen atoms in total. The topological polar surface area (TPSA) is 75.1 Å². The first-order valence-corrected chi connectivity index (χ1v) is 8.25. The van der Waals surface area contributed by atoms with Crippen LogP contribution in [0.25, 0.3) is 0 Å². The Balaban J connectivity index is 1.74. The van der Waals surface area contributed by atoms with Crippen LogP contribution in [0.4, 0.5) is 11.6 Å². The predicted octanol–water partition coefficient (Wildman–Crippen LogP) is 1.60. The number of nitrogens with zero attached hydrogens (tertiary/aromatic N) is 4. The highest BCUT2D eigenvalue weighted by Gasteiger charge is 2.21. The van der Waals surface area contributed by atoms with Crippen molar-refractivity contribution in [2.24, 2.45) is 7.05 Å². The van der Waals surface area contributed by atoms with E-state index in [0.717, 1.165) is 37.4 Å². The number of amides is 1. The lowest BCUT2D eigenvalue weighted by Crippen LogP contribution is -2.27. The molecular weight excluding hydrogens is 304 g/mol. The van der Waals surface area contributed by atoms with Crippen LogP contribution in [-0.2, 0) is 7.05 Å². The third-order valence-electron chi connectivity index (χ3n) is 4.33. The zero-order valence-electron chi connectivity index (χ0n) is 14.4. The summed E-state index contributed by atoms with van der Waals surface area (Å²) >= 11 is 0. The smallest absolute Gasteiger partial charge is 0.258 e. The van der Waals surface area contributed by atoms with E-state index in [2.05, 4.69) is 20.7 Å². The van der Waals surface area contributed by atoms with Crippen LogP contribution in [-0.4, -0.2) is 47.9 Å². The van der Waals surface area contributed by atoms with Crippen molar-refractivity contribution in [3.05, 3.63) is 35.7 Å². The number of piperidine rings is 1. The predicted molar refractivity (Wildman–Crippen MR) is 94.6 cm³/mol. The van der Waals surface area contributed by atoms with Gasteiger partial charge in [-0.25, -0.2) is 4.68 Å². The number of carbonyl (C=O) groups is 1. The molecule has 0 unspecified atom stereocenters. The number of carbonyl (C=O) groups excluding carboxylic acids is 1. The summed E-state index contributed by atoms with van der Waals surface area (Å²) in [6, 6.07) is 7.50. The molecule has 3 rings (SSSR count). The van der Waals surface area contributed by atoms with Crippen LogP contribution < -0.4 is 15.5 Å². The van der Waals surface area contributed by atoms with E-state index in [9.17, 15) is 4.79 Å². The molecule has 2 aromatic rings. The highest BCUT2D eigenvalue weighted by Crippen LogP contribution is 2.23. The molecular formula is C17H24N6O. The standard InChI is InChI=1S/C17H24N6O/c1-22(2)14-6-4-5-13(11-14)16(24)20-17-19-15(21-23(17)3)12-7-9-18-10-8-12/h4-6,11-12,18H,7-10H2,1-3H3,(H,19,20,21,24). The summed E-state index contributed by atoms with van der Waals surface area (Å²) in [4.78, 5) is 19.0. The molecule has 24 heavy (non-hydrogen) atoms. The number of hydrogen-bond acceptors (Lipinski definition) is 5. The molecule has 7 heteroatoms. The minimum Gasteiger partial charge on any atom is -0.378 e. The number of rotatable bonds is 4. The van der Waals surface area contributed by atoms with Crippen molar-refractivity contribution >= 4 is 17.5 Å². The Bertz CT molecular complexity index is 718. The lowest BCUT2D eigenvalue weighted by atomic mass is 9.98. The second-order valence-electron chi connectivity index (χ2n) is 6.34. The Kier molecular flexibility index (Phi) is 4.80. The highest BCUT2D eigenvalue weighted by molar-refractivity contribution is 6.03. The Hall–Kier alpha value is -2.41. The highest BCUT2D eigenvalue weighted by atomic mass is 16.1. The fourth-order valence-electron chi connectivity index (χ4n) is 2.87. The number of hydrogen-bond donors (Lipinski definition) is 2. The van der Waals surface area contributed by atoms with Crippen molar-refractivity contribution in [1.82, 2.24) is 20.1 Å². The average Bonchev–Trinajstić information content (AvgIpc) is 2.96. The second kappa shape index (κ2) is 7.00. The van der Waals surface area contributed by atoms with Gasteiger partial charge in [-0.3, -0.25) is 10.1 Å². The van der Waals surface area contributed by atoms with Crippen molar-refractivity contribution < 1.29 is 4.79 Å². The van der Waals surface area contributed by atoms with E-state index in [-0.39, 0.29) is 5.91 Å². The first-order chi connectivity index (χ1) is 11.5. The molecule has 0 atom stereocenters. The lowest BCUT2D eigenvalue weighted by molar-refractivity contribution is 0.102. The van der Waals surface area contributed by atoms with Crippen LogP contribution in [0.2, 0.25) is 0 Å². The third-order valence-corrected chi connectivity index (χ3v) is 4.33. The molecule has 0 spiro atoms. The van der Waals surface area contributed by atoms with E-state index in [1.807, 2.05) is 44.2 Å². The van der Waals surface area contributed by atoms with Gasteiger partial charge in [0, 0.05) is 38.3 Å². The minimum absolute atomic E-state index is 0.175. The summed E-state index contributed by atoms with van der Waals surface area (Å²) in [5.41, 5.74) is 1.59. The van der Waals surface area contributed by atoms with Crippen molar-refractivity contribution in [3.8, 4) is 0 Å². The van der Waals surface area contributed by atoms with Crippen molar-refractivity contribution in [2.45, 2.75) is 18.8 Å². The van der Waals surface area contributed by atoms with Gasteiger partial charge in [-0.05, 0) is 44.1 Å². The zero-order valence-corrected chi connectivity index (χ0v) is 14.4. The van der Waals surface area contributed by atoms with E-state index >= 15 is 0 Å². The van der Waals surface area contributed by atoms with Gasteiger partial charge in [-0.15, -0.1) is 0 Å². The van der Waals surface area contributed by atoms with Gasteiger partial charge in [0.1, 0.15) is 0 Å². The molecule has 1 aromatic heterocycles. The molecule has 0 radical (unpaired) electrons. The fraction of sp³-hybridized carbons (Fsp3) is 0.471. The van der Waals surface area contributed by atoms with Crippen molar-refractivity contribution in [2.75, 3.05) is 37.4 Å². The molecule has 1 aliphatic heterocycles. The number of aryl methyl sites for hydroxylation is 1. The summed E-state index contributed by atoms with van der Waals surface area (Å²) in [6.07, 6.45) is 2.06. The number of benzene rings is 1. The van der Waals surface area contributed by atoms with Gasteiger partial charge in [-0.2, -0.15) is 10.1 Å².